The Kier molecular flexibility index (Phi) is 3.04. The van der Waals surface area contributed by atoms with Crippen molar-refractivity contribution in [3.05, 3.63) is 59.2 Å². The van der Waals surface area contributed by atoms with Gasteiger partial charge in [-0.25, -0.2) is 9.97 Å². The van der Waals surface area contributed by atoms with Crippen LogP contribution in [0.25, 0.3) is 22.1 Å². The molecule has 2 aliphatic rings. The summed E-state index contributed by atoms with van der Waals surface area (Å²) in [4.78, 5) is 9.93. The van der Waals surface area contributed by atoms with Crippen LogP contribution in [0.3, 0.4) is 0 Å². The molecule has 0 saturated carbocycles. The number of nitrogens with zero attached hydrogens (tertiary/aromatic N) is 4. The van der Waals surface area contributed by atoms with Gasteiger partial charge in [0.15, 0.2) is 0 Å². The van der Waals surface area contributed by atoms with Gasteiger partial charge in [-0.1, -0.05) is 24.3 Å². The highest BCUT2D eigenvalue weighted by Crippen LogP contribution is 2.29. The average molecular weight is 342 g/mol. The van der Waals surface area contributed by atoms with Crippen LogP contribution in [0.4, 0.5) is 0 Å². The van der Waals surface area contributed by atoms with E-state index in [1.54, 1.807) is 0 Å². The number of benzene rings is 2. The zero-order valence-electron chi connectivity index (χ0n) is 14.9. The van der Waals surface area contributed by atoms with Crippen molar-refractivity contribution < 1.29 is 0 Å². The van der Waals surface area contributed by atoms with E-state index in [-0.39, 0.29) is 0 Å². The maximum atomic E-state index is 4.97. The summed E-state index contributed by atoms with van der Waals surface area (Å²) in [5.41, 5.74) is 7.97. The summed E-state index contributed by atoms with van der Waals surface area (Å²) in [5, 5.41) is 0. The Bertz CT molecular complexity index is 1060. The molecule has 0 saturated heterocycles. The van der Waals surface area contributed by atoms with Crippen LogP contribution in [0, 0.1) is 0 Å². The minimum absolute atomic E-state index is 0.965. The molecule has 0 N–H and O–H groups in total. The molecule has 130 valence electrons. The average Bonchev–Trinajstić information content (AvgIpc) is 3.22. The molecule has 0 amide bonds. The molecule has 2 aliphatic heterocycles. The first-order valence-electron chi connectivity index (χ1n) is 9.82. The van der Waals surface area contributed by atoms with Crippen LogP contribution in [0.15, 0.2) is 36.4 Å². The number of imidazole rings is 2. The number of hydrogen-bond donors (Lipinski definition) is 0. The van der Waals surface area contributed by atoms with Crippen molar-refractivity contribution in [2.75, 3.05) is 0 Å². The zero-order chi connectivity index (χ0) is 17.1. The smallest absolute Gasteiger partial charge is 0.110 e. The van der Waals surface area contributed by atoms with E-state index in [0.29, 0.717) is 0 Å². The molecule has 0 radical (unpaired) electrons. The van der Waals surface area contributed by atoms with E-state index in [1.807, 2.05) is 0 Å². The molecular weight excluding hydrogens is 320 g/mol. The number of aryl methyl sites for hydroxylation is 6. The first-order chi connectivity index (χ1) is 12.9. The van der Waals surface area contributed by atoms with Crippen LogP contribution in [0.1, 0.15) is 35.6 Å². The van der Waals surface area contributed by atoms with Gasteiger partial charge in [0.05, 0.1) is 22.1 Å². The predicted molar refractivity (Wildman–Crippen MR) is 104 cm³/mol. The summed E-state index contributed by atoms with van der Waals surface area (Å²) >= 11 is 0. The summed E-state index contributed by atoms with van der Waals surface area (Å²) in [7, 11) is 0. The fourth-order valence-electron chi connectivity index (χ4n) is 4.96. The van der Waals surface area contributed by atoms with E-state index in [4.69, 9.17) is 9.97 Å². The Morgan fingerprint density at radius 2 is 1.19 bits per heavy atom. The van der Waals surface area contributed by atoms with Crippen molar-refractivity contribution in [3.8, 4) is 0 Å². The van der Waals surface area contributed by atoms with Crippen molar-refractivity contribution in [3.63, 3.8) is 0 Å². The van der Waals surface area contributed by atoms with Crippen molar-refractivity contribution in [2.24, 2.45) is 0 Å². The van der Waals surface area contributed by atoms with Gasteiger partial charge in [0.2, 0.25) is 0 Å². The van der Waals surface area contributed by atoms with Crippen molar-refractivity contribution in [1.29, 1.82) is 0 Å². The molecule has 0 aliphatic carbocycles. The van der Waals surface area contributed by atoms with Gasteiger partial charge in [-0.3, -0.25) is 0 Å². The quantitative estimate of drug-likeness (QED) is 0.563. The number of para-hydroxylation sites is 2. The lowest BCUT2D eigenvalue weighted by molar-refractivity contribution is 0.578. The Morgan fingerprint density at radius 1 is 0.692 bits per heavy atom. The largest absolute Gasteiger partial charge is 0.328 e. The lowest BCUT2D eigenvalue weighted by Gasteiger charge is -2.17. The Morgan fingerprint density at radius 3 is 1.69 bits per heavy atom. The zero-order valence-corrected chi connectivity index (χ0v) is 14.9. The van der Waals surface area contributed by atoms with Crippen LogP contribution in [0.2, 0.25) is 0 Å². The van der Waals surface area contributed by atoms with E-state index in [1.165, 1.54) is 59.5 Å². The van der Waals surface area contributed by atoms with E-state index in [2.05, 4.69) is 45.5 Å². The van der Waals surface area contributed by atoms with Crippen LogP contribution in [0.5, 0.6) is 0 Å². The highest BCUT2D eigenvalue weighted by molar-refractivity contribution is 5.81. The van der Waals surface area contributed by atoms with Gasteiger partial charge in [-0.15, -0.1) is 0 Å². The molecule has 2 aromatic carbocycles. The maximum Gasteiger partial charge on any atom is 0.110 e. The Balaban J connectivity index is 1.39. The third-order valence-electron chi connectivity index (χ3n) is 6.09. The van der Waals surface area contributed by atoms with Gasteiger partial charge in [-0.2, -0.15) is 0 Å². The molecule has 0 spiro atoms. The van der Waals surface area contributed by atoms with Gasteiger partial charge >= 0.3 is 0 Å². The lowest BCUT2D eigenvalue weighted by Crippen LogP contribution is -2.14. The minimum atomic E-state index is 0.965. The summed E-state index contributed by atoms with van der Waals surface area (Å²) in [6.45, 7) is 2.20. The van der Waals surface area contributed by atoms with Crippen molar-refractivity contribution >= 4 is 22.1 Å². The molecule has 0 fully saturated rings. The summed E-state index contributed by atoms with van der Waals surface area (Å²) < 4.78 is 4.91. The minimum Gasteiger partial charge on any atom is -0.328 e. The molecule has 0 unspecified atom stereocenters. The van der Waals surface area contributed by atoms with Crippen LogP contribution in [-0.2, 0) is 38.8 Å². The van der Waals surface area contributed by atoms with Gasteiger partial charge < -0.3 is 9.13 Å². The normalized spacial score (nSPS) is 15.8. The molecule has 4 aromatic rings. The SMILES string of the molecule is c1cc2c3c(c1)nc(CCc1nc4cccc5c4n1CCC5)n3CCC2. The maximum absolute atomic E-state index is 4.97. The second kappa shape index (κ2) is 5.44. The van der Waals surface area contributed by atoms with Gasteiger partial charge in [-0.05, 0) is 48.9 Å². The lowest BCUT2D eigenvalue weighted by atomic mass is 10.0. The first kappa shape index (κ1) is 14.5. The van der Waals surface area contributed by atoms with E-state index in [9.17, 15) is 0 Å². The van der Waals surface area contributed by atoms with Crippen LogP contribution >= 0.6 is 0 Å². The molecule has 0 atom stereocenters. The molecule has 2 aromatic heterocycles. The molecule has 4 heterocycles. The van der Waals surface area contributed by atoms with Crippen molar-refractivity contribution in [1.82, 2.24) is 19.1 Å². The molecule has 4 nitrogen and oxygen atoms in total. The fraction of sp³-hybridized carbons (Fsp3) is 0.364. The number of rotatable bonds is 3. The van der Waals surface area contributed by atoms with E-state index in [0.717, 1.165) is 37.0 Å². The third-order valence-corrected chi connectivity index (χ3v) is 6.09. The third kappa shape index (κ3) is 2.02. The molecular formula is C22H22N4. The topological polar surface area (TPSA) is 35.6 Å². The molecule has 26 heavy (non-hydrogen) atoms. The molecule has 6 rings (SSSR count). The second-order valence-electron chi connectivity index (χ2n) is 7.64. The van der Waals surface area contributed by atoms with E-state index < -0.39 is 0 Å². The highest BCUT2D eigenvalue weighted by Gasteiger charge is 2.20. The Labute approximate surface area is 152 Å². The molecule has 0 bridgehead atoms. The summed E-state index contributed by atoms with van der Waals surface area (Å²) in [5.74, 6) is 2.45. The van der Waals surface area contributed by atoms with Gasteiger partial charge in [0.25, 0.3) is 0 Å². The Hall–Kier alpha value is -2.62. The highest BCUT2D eigenvalue weighted by atomic mass is 15.1. The van der Waals surface area contributed by atoms with Crippen molar-refractivity contribution in [2.45, 2.75) is 51.6 Å². The van der Waals surface area contributed by atoms with Crippen LogP contribution < -0.4 is 0 Å². The second-order valence-corrected chi connectivity index (χ2v) is 7.64. The fourth-order valence-corrected chi connectivity index (χ4v) is 4.96. The number of hydrogen-bond acceptors (Lipinski definition) is 2. The molecule has 4 heteroatoms. The standard InChI is InChI=1S/C22H22N4/c1-5-15-7-3-13-25-19(23-17(9-1)21(15)25)11-12-20-24-18-10-2-6-16-8-4-14-26(20)22(16)18/h1-2,5-6,9-10H,3-4,7-8,11-14H2. The van der Waals surface area contributed by atoms with Crippen LogP contribution in [-0.4, -0.2) is 19.1 Å². The van der Waals surface area contributed by atoms with Gasteiger partial charge in [0, 0.05) is 25.9 Å². The number of aromatic nitrogens is 4. The van der Waals surface area contributed by atoms with E-state index >= 15 is 0 Å². The summed E-state index contributed by atoms with van der Waals surface area (Å²) in [6, 6.07) is 13.1. The summed E-state index contributed by atoms with van der Waals surface area (Å²) in [6.07, 6.45) is 6.73. The first-order valence-corrected chi connectivity index (χ1v) is 9.82. The predicted octanol–water partition coefficient (Wildman–Crippen LogP) is 4.06. The van der Waals surface area contributed by atoms with Gasteiger partial charge in [0.1, 0.15) is 11.6 Å². The monoisotopic (exact) mass is 342 g/mol.